The Balaban J connectivity index is 2.17. The Morgan fingerprint density at radius 2 is 2.05 bits per heavy atom. The van der Waals surface area contributed by atoms with Gasteiger partial charge in [0.2, 0.25) is 11.0 Å². The Morgan fingerprint density at radius 1 is 1.29 bits per heavy atom. The van der Waals surface area contributed by atoms with Crippen molar-refractivity contribution in [2.75, 3.05) is 0 Å². The highest BCUT2D eigenvalue weighted by molar-refractivity contribution is 7.99. The van der Waals surface area contributed by atoms with Gasteiger partial charge in [0.05, 0.1) is 5.39 Å². The standard InChI is InChI=1S/C10H8F3N7S/c1-4-3-5-6(14-4)15-8(10(11,12)13)16-7(5)21-9-17-18-19-20(9)2/h3H,1-2H3,(H,14,15,16). The van der Waals surface area contributed by atoms with Gasteiger partial charge in [-0.1, -0.05) is 0 Å². The van der Waals surface area contributed by atoms with Gasteiger partial charge < -0.3 is 4.98 Å². The van der Waals surface area contributed by atoms with Gasteiger partial charge in [0.1, 0.15) is 10.7 Å². The molecule has 0 aliphatic carbocycles. The van der Waals surface area contributed by atoms with E-state index in [0.29, 0.717) is 16.2 Å². The Morgan fingerprint density at radius 3 is 2.67 bits per heavy atom. The summed E-state index contributed by atoms with van der Waals surface area (Å²) in [5.74, 6) is -1.20. The normalized spacial score (nSPS) is 12.2. The first-order chi connectivity index (χ1) is 9.84. The number of aryl methyl sites for hydroxylation is 2. The second-order valence-electron chi connectivity index (χ2n) is 4.25. The number of aromatic amines is 1. The Kier molecular flexibility index (Phi) is 3.08. The van der Waals surface area contributed by atoms with Crippen molar-refractivity contribution < 1.29 is 13.2 Å². The molecule has 3 aromatic rings. The lowest BCUT2D eigenvalue weighted by atomic mass is 10.4. The first-order valence-corrected chi connectivity index (χ1v) is 6.51. The predicted octanol–water partition coefficient (Wildman–Crippen LogP) is 1.96. The van der Waals surface area contributed by atoms with E-state index in [9.17, 15) is 13.2 Å². The average Bonchev–Trinajstić information content (AvgIpc) is 2.94. The first kappa shape index (κ1) is 13.8. The maximum Gasteiger partial charge on any atom is 0.451 e. The van der Waals surface area contributed by atoms with Gasteiger partial charge in [0.25, 0.3) is 0 Å². The quantitative estimate of drug-likeness (QED) is 0.728. The van der Waals surface area contributed by atoms with E-state index in [-0.39, 0.29) is 10.7 Å². The molecular formula is C10H8F3N7S. The summed E-state index contributed by atoms with van der Waals surface area (Å²) < 4.78 is 40.0. The molecular weight excluding hydrogens is 307 g/mol. The minimum atomic E-state index is -4.62. The third-order valence-electron chi connectivity index (χ3n) is 2.61. The second kappa shape index (κ2) is 4.69. The largest absolute Gasteiger partial charge is 0.451 e. The SMILES string of the molecule is Cc1cc2c(Sc3nnnn3C)nc(C(F)(F)F)nc2[nH]1. The molecule has 0 atom stereocenters. The molecule has 0 unspecified atom stereocenters. The zero-order valence-electron chi connectivity index (χ0n) is 10.8. The monoisotopic (exact) mass is 315 g/mol. The summed E-state index contributed by atoms with van der Waals surface area (Å²) in [7, 11) is 1.59. The minimum Gasteiger partial charge on any atom is -0.343 e. The lowest BCUT2D eigenvalue weighted by molar-refractivity contribution is -0.145. The summed E-state index contributed by atoms with van der Waals surface area (Å²) in [5, 5.41) is 11.8. The molecule has 0 aliphatic heterocycles. The van der Waals surface area contributed by atoms with E-state index in [2.05, 4.69) is 30.5 Å². The number of alkyl halides is 3. The lowest BCUT2D eigenvalue weighted by Gasteiger charge is -2.07. The van der Waals surface area contributed by atoms with Gasteiger partial charge in [0, 0.05) is 12.7 Å². The van der Waals surface area contributed by atoms with Crippen LogP contribution >= 0.6 is 11.8 Å². The predicted molar refractivity (Wildman–Crippen MR) is 66.5 cm³/mol. The highest BCUT2D eigenvalue weighted by Gasteiger charge is 2.36. The molecule has 0 saturated carbocycles. The summed E-state index contributed by atoms with van der Waals surface area (Å²) >= 11 is 0.950. The highest BCUT2D eigenvalue weighted by atomic mass is 32.2. The third-order valence-corrected chi connectivity index (χ3v) is 3.64. The van der Waals surface area contributed by atoms with Crippen molar-refractivity contribution in [1.29, 1.82) is 0 Å². The zero-order valence-corrected chi connectivity index (χ0v) is 11.6. The highest BCUT2D eigenvalue weighted by Crippen LogP contribution is 2.34. The van der Waals surface area contributed by atoms with E-state index < -0.39 is 12.0 Å². The van der Waals surface area contributed by atoms with Crippen LogP contribution in [0, 0.1) is 6.92 Å². The van der Waals surface area contributed by atoms with Crippen molar-refractivity contribution in [3.63, 3.8) is 0 Å². The fourth-order valence-corrected chi connectivity index (χ4v) is 2.53. The van der Waals surface area contributed by atoms with Crippen LogP contribution in [0.15, 0.2) is 16.2 Å². The summed E-state index contributed by atoms with van der Waals surface area (Å²) in [6, 6.07) is 1.68. The Labute approximate surface area is 120 Å². The third kappa shape index (κ3) is 2.55. The molecule has 0 aliphatic rings. The minimum absolute atomic E-state index is 0.132. The fourth-order valence-electron chi connectivity index (χ4n) is 1.71. The van der Waals surface area contributed by atoms with Gasteiger partial charge in [-0.05, 0) is 35.2 Å². The van der Waals surface area contributed by atoms with E-state index in [4.69, 9.17) is 0 Å². The topological polar surface area (TPSA) is 85.2 Å². The number of hydrogen-bond donors (Lipinski definition) is 1. The van der Waals surface area contributed by atoms with Crippen molar-refractivity contribution in [3.05, 3.63) is 17.6 Å². The van der Waals surface area contributed by atoms with Crippen molar-refractivity contribution in [2.45, 2.75) is 23.3 Å². The van der Waals surface area contributed by atoms with Crippen LogP contribution in [0.25, 0.3) is 11.0 Å². The van der Waals surface area contributed by atoms with Gasteiger partial charge >= 0.3 is 6.18 Å². The fraction of sp³-hybridized carbons (Fsp3) is 0.300. The molecule has 0 bridgehead atoms. The molecule has 11 heteroatoms. The molecule has 0 amide bonds. The molecule has 1 N–H and O–H groups in total. The number of aromatic nitrogens is 7. The van der Waals surface area contributed by atoms with Crippen LogP contribution in [0.5, 0.6) is 0 Å². The van der Waals surface area contributed by atoms with Gasteiger partial charge in [0.15, 0.2) is 0 Å². The molecule has 3 rings (SSSR count). The molecule has 0 radical (unpaired) electrons. The summed E-state index contributed by atoms with van der Waals surface area (Å²) in [6.45, 7) is 1.73. The number of halogens is 3. The zero-order chi connectivity index (χ0) is 15.2. The average molecular weight is 315 g/mol. The van der Waals surface area contributed by atoms with E-state index in [1.54, 1.807) is 20.0 Å². The van der Waals surface area contributed by atoms with Crippen LogP contribution in [0.1, 0.15) is 11.5 Å². The van der Waals surface area contributed by atoms with Crippen LogP contribution in [-0.4, -0.2) is 35.2 Å². The van der Waals surface area contributed by atoms with Crippen LogP contribution in [-0.2, 0) is 13.2 Å². The smallest absolute Gasteiger partial charge is 0.343 e. The molecule has 110 valence electrons. The van der Waals surface area contributed by atoms with Gasteiger partial charge in [-0.2, -0.15) is 13.2 Å². The van der Waals surface area contributed by atoms with Crippen LogP contribution < -0.4 is 0 Å². The van der Waals surface area contributed by atoms with E-state index in [1.807, 2.05) is 0 Å². The first-order valence-electron chi connectivity index (χ1n) is 5.69. The second-order valence-corrected chi connectivity index (χ2v) is 5.21. The molecule has 21 heavy (non-hydrogen) atoms. The number of H-pyrrole nitrogens is 1. The van der Waals surface area contributed by atoms with Crippen LogP contribution in [0.4, 0.5) is 13.2 Å². The van der Waals surface area contributed by atoms with Crippen molar-refractivity contribution in [1.82, 2.24) is 35.2 Å². The number of nitrogens with one attached hydrogen (secondary N) is 1. The van der Waals surface area contributed by atoms with Gasteiger partial charge in [-0.25, -0.2) is 14.6 Å². The van der Waals surface area contributed by atoms with Crippen molar-refractivity contribution in [2.24, 2.45) is 7.05 Å². The molecule has 0 fully saturated rings. The molecule has 3 aromatic heterocycles. The summed E-state index contributed by atoms with van der Waals surface area (Å²) in [5.41, 5.74) is 0.823. The van der Waals surface area contributed by atoms with Crippen LogP contribution in [0.3, 0.4) is 0 Å². The maximum atomic E-state index is 12.9. The lowest BCUT2D eigenvalue weighted by Crippen LogP contribution is -2.11. The molecule has 0 saturated heterocycles. The molecule has 0 aromatic carbocycles. The Hall–Kier alpha value is -2.17. The van der Waals surface area contributed by atoms with Crippen molar-refractivity contribution in [3.8, 4) is 0 Å². The number of nitrogens with zero attached hydrogens (tertiary/aromatic N) is 6. The molecule has 3 heterocycles. The van der Waals surface area contributed by atoms with Gasteiger partial charge in [-0.15, -0.1) is 5.10 Å². The maximum absolute atomic E-state index is 12.9. The van der Waals surface area contributed by atoms with Crippen molar-refractivity contribution >= 4 is 22.8 Å². The number of rotatable bonds is 2. The van der Waals surface area contributed by atoms with Gasteiger partial charge in [-0.3, -0.25) is 0 Å². The Bertz CT molecular complexity index is 807. The number of tetrazole rings is 1. The van der Waals surface area contributed by atoms with Crippen LogP contribution in [0.2, 0.25) is 0 Å². The molecule has 7 nitrogen and oxygen atoms in total. The summed E-state index contributed by atoms with van der Waals surface area (Å²) in [6.07, 6.45) is -4.62. The van der Waals surface area contributed by atoms with E-state index in [1.165, 1.54) is 4.68 Å². The van der Waals surface area contributed by atoms with E-state index in [0.717, 1.165) is 11.8 Å². The molecule has 0 spiro atoms. The number of fused-ring (bicyclic) bond motifs is 1. The summed E-state index contributed by atoms with van der Waals surface area (Å²) in [4.78, 5) is 9.90. The number of hydrogen-bond acceptors (Lipinski definition) is 6. The van der Waals surface area contributed by atoms with E-state index >= 15 is 0 Å².